The van der Waals surface area contributed by atoms with Crippen molar-refractivity contribution in [3.05, 3.63) is 90.1 Å². The molecule has 34 heavy (non-hydrogen) atoms. The van der Waals surface area contributed by atoms with Crippen molar-refractivity contribution in [2.75, 3.05) is 13.3 Å². The van der Waals surface area contributed by atoms with Crippen LogP contribution in [0.3, 0.4) is 0 Å². The number of nitrogens with zero attached hydrogens (tertiary/aromatic N) is 4. The van der Waals surface area contributed by atoms with E-state index >= 15 is 0 Å². The van der Waals surface area contributed by atoms with Gasteiger partial charge in [0, 0.05) is 60.8 Å². The van der Waals surface area contributed by atoms with E-state index in [0.29, 0.717) is 11.3 Å². The monoisotopic (exact) mass is 472 g/mol. The normalized spacial score (nSPS) is 12.8. The van der Waals surface area contributed by atoms with Crippen LogP contribution in [0.2, 0.25) is 0 Å². The Kier molecular flexibility index (Phi) is 6.93. The molecule has 0 saturated heterocycles. The fraction of sp³-hybridized carbons (Fsp3) is 0.120. The predicted molar refractivity (Wildman–Crippen MR) is 137 cm³/mol. The molecule has 0 aliphatic carbocycles. The average molecular weight is 473 g/mol. The van der Waals surface area contributed by atoms with Crippen molar-refractivity contribution in [1.29, 1.82) is 0 Å². The Balaban J connectivity index is 1.55. The van der Waals surface area contributed by atoms with Crippen LogP contribution in [-0.4, -0.2) is 43.6 Å². The standard InChI is InChI=1S/C25H24N6O2S/c1-27-13-21(12-26)17-4-3-5-18(10-17)23-7-6-19-14-28-22(11-24(19)30-23)15-29-25(32)20-8-9-31(16-20)34(2)33/h3-14,16H,15,26H2,1-2H3,(H,29,32)/b21-12+,27-13?. The molecule has 0 fully saturated rings. The fourth-order valence-electron chi connectivity index (χ4n) is 3.47. The molecule has 4 aromatic rings. The summed E-state index contributed by atoms with van der Waals surface area (Å²) >= 11 is 0. The Morgan fingerprint density at radius 3 is 2.79 bits per heavy atom. The van der Waals surface area contributed by atoms with E-state index in [1.165, 1.54) is 10.2 Å². The molecule has 1 aromatic carbocycles. The highest BCUT2D eigenvalue weighted by Crippen LogP contribution is 2.24. The summed E-state index contributed by atoms with van der Waals surface area (Å²) in [6.45, 7) is 0.248. The first-order chi connectivity index (χ1) is 16.5. The molecule has 8 nitrogen and oxygen atoms in total. The maximum atomic E-state index is 12.4. The number of allylic oxidation sites excluding steroid dienone is 1. The van der Waals surface area contributed by atoms with E-state index in [-0.39, 0.29) is 12.5 Å². The van der Waals surface area contributed by atoms with Crippen LogP contribution in [0.1, 0.15) is 21.6 Å². The van der Waals surface area contributed by atoms with Gasteiger partial charge in [0.05, 0.1) is 29.0 Å². The number of amides is 1. The van der Waals surface area contributed by atoms with Crippen molar-refractivity contribution in [3.63, 3.8) is 0 Å². The van der Waals surface area contributed by atoms with Crippen molar-refractivity contribution in [1.82, 2.24) is 19.3 Å². The van der Waals surface area contributed by atoms with Crippen LogP contribution in [0.25, 0.3) is 27.7 Å². The molecular formula is C25H24N6O2S. The third kappa shape index (κ3) is 5.10. The predicted octanol–water partition coefficient (Wildman–Crippen LogP) is 3.17. The van der Waals surface area contributed by atoms with Gasteiger partial charge in [-0.3, -0.25) is 18.7 Å². The van der Waals surface area contributed by atoms with E-state index in [1.807, 2.05) is 42.5 Å². The summed E-state index contributed by atoms with van der Waals surface area (Å²) in [5, 5.41) is 3.75. The minimum absolute atomic E-state index is 0.248. The number of fused-ring (bicyclic) bond motifs is 1. The lowest BCUT2D eigenvalue weighted by Crippen LogP contribution is -2.23. The van der Waals surface area contributed by atoms with Gasteiger partial charge in [-0.05, 0) is 35.9 Å². The zero-order chi connectivity index (χ0) is 24.1. The molecule has 0 radical (unpaired) electrons. The fourth-order valence-corrected chi connectivity index (χ4v) is 3.96. The van der Waals surface area contributed by atoms with E-state index in [1.54, 1.807) is 44.2 Å². The molecule has 3 N–H and O–H groups in total. The van der Waals surface area contributed by atoms with Crippen molar-refractivity contribution in [2.45, 2.75) is 6.54 Å². The summed E-state index contributed by atoms with van der Waals surface area (Å²) in [5.41, 5.74) is 11.2. The number of nitrogens with two attached hydrogens (primary N) is 1. The first-order valence-corrected chi connectivity index (χ1v) is 12.0. The van der Waals surface area contributed by atoms with Gasteiger partial charge in [0.2, 0.25) is 0 Å². The molecule has 1 amide bonds. The highest BCUT2D eigenvalue weighted by atomic mass is 32.2. The van der Waals surface area contributed by atoms with Gasteiger partial charge in [-0.1, -0.05) is 18.2 Å². The van der Waals surface area contributed by atoms with Crippen LogP contribution in [0.5, 0.6) is 0 Å². The molecule has 9 heteroatoms. The highest BCUT2D eigenvalue weighted by molar-refractivity contribution is 7.82. The topological polar surface area (TPSA) is 115 Å². The van der Waals surface area contributed by atoms with Crippen LogP contribution < -0.4 is 11.1 Å². The van der Waals surface area contributed by atoms with Crippen molar-refractivity contribution in [3.8, 4) is 11.3 Å². The number of nitrogens with one attached hydrogen (secondary N) is 1. The molecular weight excluding hydrogens is 448 g/mol. The molecule has 0 aliphatic heterocycles. The molecule has 3 heterocycles. The van der Waals surface area contributed by atoms with Gasteiger partial charge in [0.1, 0.15) is 11.0 Å². The Morgan fingerprint density at radius 1 is 1.21 bits per heavy atom. The molecule has 3 aromatic heterocycles. The van der Waals surface area contributed by atoms with Crippen LogP contribution in [0.15, 0.2) is 78.3 Å². The number of aromatic nitrogens is 3. The largest absolute Gasteiger partial charge is 0.404 e. The minimum Gasteiger partial charge on any atom is -0.404 e. The van der Waals surface area contributed by atoms with Gasteiger partial charge in [0.15, 0.2) is 0 Å². The number of pyridine rings is 2. The molecule has 0 aliphatic rings. The lowest BCUT2D eigenvalue weighted by molar-refractivity contribution is 0.0950. The first-order valence-electron chi connectivity index (χ1n) is 10.5. The third-order valence-electron chi connectivity index (χ3n) is 5.23. The van der Waals surface area contributed by atoms with Gasteiger partial charge in [-0.15, -0.1) is 0 Å². The molecule has 1 atom stereocenters. The molecule has 172 valence electrons. The molecule has 4 rings (SSSR count). The van der Waals surface area contributed by atoms with Crippen LogP contribution in [-0.2, 0) is 17.5 Å². The van der Waals surface area contributed by atoms with Crippen molar-refractivity contribution >= 4 is 39.6 Å². The summed E-state index contributed by atoms with van der Waals surface area (Å²) in [6, 6.07) is 15.4. The molecule has 0 spiro atoms. The second-order valence-corrected chi connectivity index (χ2v) is 8.79. The number of hydrogen-bond acceptors (Lipinski definition) is 6. The first kappa shape index (κ1) is 23.1. The average Bonchev–Trinajstić information content (AvgIpc) is 3.36. The number of carbonyl (C=O) groups is 1. The number of rotatable bonds is 7. The van der Waals surface area contributed by atoms with Crippen molar-refractivity contribution < 1.29 is 9.00 Å². The molecule has 0 saturated carbocycles. The van der Waals surface area contributed by atoms with Gasteiger partial charge >= 0.3 is 0 Å². The number of benzene rings is 1. The Morgan fingerprint density at radius 2 is 2.06 bits per heavy atom. The van der Waals surface area contributed by atoms with Crippen LogP contribution in [0.4, 0.5) is 0 Å². The lowest BCUT2D eigenvalue weighted by atomic mass is 10.0. The number of carbonyl (C=O) groups excluding carboxylic acids is 1. The summed E-state index contributed by atoms with van der Waals surface area (Å²) in [4.78, 5) is 25.7. The van der Waals surface area contributed by atoms with Crippen LogP contribution in [0, 0.1) is 0 Å². The van der Waals surface area contributed by atoms with Gasteiger partial charge in [-0.2, -0.15) is 0 Å². The third-order valence-corrected chi connectivity index (χ3v) is 6.05. The maximum absolute atomic E-state index is 12.4. The summed E-state index contributed by atoms with van der Waals surface area (Å²) in [5.74, 6) is -0.260. The molecule has 0 bridgehead atoms. The van der Waals surface area contributed by atoms with Crippen LogP contribution >= 0.6 is 0 Å². The Bertz CT molecular complexity index is 1440. The zero-order valence-electron chi connectivity index (χ0n) is 18.8. The summed E-state index contributed by atoms with van der Waals surface area (Å²) < 4.78 is 13.0. The SMILES string of the molecule is CN=C/C(=C\N)c1cccc(-c2ccc3cnc(CNC(=O)c4ccn(S(C)=O)c4)cc3n2)c1. The van der Waals surface area contributed by atoms with Crippen molar-refractivity contribution in [2.24, 2.45) is 10.7 Å². The lowest BCUT2D eigenvalue weighted by Gasteiger charge is -2.08. The van der Waals surface area contributed by atoms with E-state index in [9.17, 15) is 9.00 Å². The number of aliphatic imine (C=N–C) groups is 1. The summed E-state index contributed by atoms with van der Waals surface area (Å²) in [6.07, 6.45) is 9.71. The van der Waals surface area contributed by atoms with Gasteiger partial charge < -0.3 is 11.1 Å². The van der Waals surface area contributed by atoms with E-state index in [2.05, 4.69) is 15.3 Å². The maximum Gasteiger partial charge on any atom is 0.253 e. The van der Waals surface area contributed by atoms with E-state index in [4.69, 9.17) is 10.7 Å². The van der Waals surface area contributed by atoms with E-state index < -0.39 is 11.0 Å². The number of hydrogen-bond donors (Lipinski definition) is 2. The second-order valence-electron chi connectivity index (χ2n) is 7.52. The van der Waals surface area contributed by atoms with E-state index in [0.717, 1.165) is 33.3 Å². The quantitative estimate of drug-likeness (QED) is 0.401. The van der Waals surface area contributed by atoms with Gasteiger partial charge in [-0.25, -0.2) is 9.19 Å². The highest BCUT2D eigenvalue weighted by Gasteiger charge is 2.10. The molecule has 1 unspecified atom stereocenters. The zero-order valence-corrected chi connectivity index (χ0v) is 19.6. The smallest absolute Gasteiger partial charge is 0.253 e. The minimum atomic E-state index is -1.20. The van der Waals surface area contributed by atoms with Gasteiger partial charge in [0.25, 0.3) is 5.91 Å². The second kappa shape index (κ2) is 10.2. The Hall–Kier alpha value is -4.11. The summed E-state index contributed by atoms with van der Waals surface area (Å²) in [7, 11) is 0.500. The Labute approximate surface area is 199 Å².